The van der Waals surface area contributed by atoms with Gasteiger partial charge in [0.15, 0.2) is 0 Å². The summed E-state index contributed by atoms with van der Waals surface area (Å²) >= 11 is 12.0. The number of benzene rings is 1. The van der Waals surface area contributed by atoms with Gasteiger partial charge in [0.25, 0.3) is 0 Å². The van der Waals surface area contributed by atoms with Gasteiger partial charge in [-0.05, 0) is 44.0 Å². The monoisotopic (exact) mass is 357 g/mol. The maximum Gasteiger partial charge on any atom is 0.234 e. The first-order valence-corrected chi connectivity index (χ1v) is 8.41. The number of nitrogens with two attached hydrogens (primary N) is 1. The van der Waals surface area contributed by atoms with Crippen molar-refractivity contribution in [2.24, 2.45) is 5.73 Å². The van der Waals surface area contributed by atoms with Gasteiger partial charge in [-0.3, -0.25) is 14.5 Å². The van der Waals surface area contributed by atoms with Crippen LogP contribution < -0.4 is 11.1 Å². The van der Waals surface area contributed by atoms with Gasteiger partial charge in [0.2, 0.25) is 11.8 Å². The van der Waals surface area contributed by atoms with E-state index >= 15 is 0 Å². The molecule has 0 unspecified atom stereocenters. The SMILES string of the molecule is C[C@H](NC(=O)CN1CCCC[C@@H]1C(N)=O)c1ccc(Cl)cc1Cl. The molecular formula is C16H21Cl2N3O2. The Morgan fingerprint density at radius 3 is 2.78 bits per heavy atom. The number of piperidine rings is 1. The molecule has 1 saturated heterocycles. The van der Waals surface area contributed by atoms with Crippen LogP contribution in [-0.4, -0.2) is 35.8 Å². The topological polar surface area (TPSA) is 75.4 Å². The van der Waals surface area contributed by atoms with Gasteiger partial charge in [-0.25, -0.2) is 0 Å². The molecule has 1 aromatic rings. The minimum absolute atomic E-state index is 0.156. The third-order valence-corrected chi connectivity index (χ3v) is 4.66. The highest BCUT2D eigenvalue weighted by Gasteiger charge is 2.28. The molecule has 0 aromatic heterocycles. The van der Waals surface area contributed by atoms with E-state index in [2.05, 4.69) is 5.32 Å². The lowest BCUT2D eigenvalue weighted by Gasteiger charge is -2.33. The fourth-order valence-corrected chi connectivity index (χ4v) is 3.48. The molecule has 0 saturated carbocycles. The molecule has 0 radical (unpaired) electrons. The average molecular weight is 358 g/mol. The van der Waals surface area contributed by atoms with E-state index in [0.717, 1.165) is 18.4 Å². The van der Waals surface area contributed by atoms with Crippen LogP contribution in [0.2, 0.25) is 10.0 Å². The molecule has 0 aliphatic carbocycles. The molecule has 1 fully saturated rings. The molecule has 0 spiro atoms. The van der Waals surface area contributed by atoms with E-state index in [0.29, 0.717) is 23.0 Å². The first-order chi connectivity index (χ1) is 10.9. The Hall–Kier alpha value is -1.30. The molecule has 1 heterocycles. The number of nitrogens with zero attached hydrogens (tertiary/aromatic N) is 1. The second-order valence-corrected chi connectivity index (χ2v) is 6.68. The van der Waals surface area contributed by atoms with Crippen LogP contribution in [0.3, 0.4) is 0 Å². The summed E-state index contributed by atoms with van der Waals surface area (Å²) in [4.78, 5) is 25.6. The van der Waals surface area contributed by atoms with E-state index in [1.807, 2.05) is 11.8 Å². The number of primary amides is 1. The Balaban J connectivity index is 1.96. The lowest BCUT2D eigenvalue weighted by atomic mass is 10.0. The summed E-state index contributed by atoms with van der Waals surface area (Å²) in [7, 11) is 0. The molecule has 23 heavy (non-hydrogen) atoms. The minimum Gasteiger partial charge on any atom is -0.368 e. The predicted octanol–water partition coefficient (Wildman–Crippen LogP) is 2.51. The van der Waals surface area contributed by atoms with Crippen LogP contribution in [0, 0.1) is 0 Å². The second-order valence-electron chi connectivity index (χ2n) is 5.84. The Bertz CT molecular complexity index is 595. The normalized spacial score (nSPS) is 20.0. The van der Waals surface area contributed by atoms with Gasteiger partial charge >= 0.3 is 0 Å². The van der Waals surface area contributed by atoms with Crippen molar-refractivity contribution in [2.45, 2.75) is 38.3 Å². The van der Waals surface area contributed by atoms with E-state index in [1.165, 1.54) is 0 Å². The molecule has 2 rings (SSSR count). The highest BCUT2D eigenvalue weighted by molar-refractivity contribution is 6.35. The fourth-order valence-electron chi connectivity index (χ4n) is 2.90. The third-order valence-electron chi connectivity index (χ3n) is 4.10. The Kier molecular flexibility index (Phi) is 6.27. The fraction of sp³-hybridized carbons (Fsp3) is 0.500. The molecule has 7 heteroatoms. The summed E-state index contributed by atoms with van der Waals surface area (Å²) in [6, 6.07) is 4.57. The molecule has 1 aliphatic rings. The largest absolute Gasteiger partial charge is 0.368 e. The van der Waals surface area contributed by atoms with E-state index < -0.39 is 0 Å². The minimum atomic E-state index is -0.369. The maximum atomic E-state index is 12.3. The smallest absolute Gasteiger partial charge is 0.234 e. The van der Waals surface area contributed by atoms with Crippen LogP contribution in [0.15, 0.2) is 18.2 Å². The molecule has 126 valence electrons. The summed E-state index contributed by atoms with van der Waals surface area (Å²) in [5.41, 5.74) is 6.22. The standard InChI is InChI=1S/C16H21Cl2N3O2/c1-10(12-6-5-11(17)8-13(12)18)20-15(22)9-21-7-3-2-4-14(21)16(19)23/h5-6,8,10,14H,2-4,7,9H2,1H3,(H2,19,23)(H,20,22)/t10-,14+/m0/s1. The quantitative estimate of drug-likeness (QED) is 0.849. The zero-order valence-electron chi connectivity index (χ0n) is 13.0. The first-order valence-electron chi connectivity index (χ1n) is 7.66. The van der Waals surface area contributed by atoms with E-state index in [-0.39, 0.29) is 30.4 Å². The number of carbonyl (C=O) groups excluding carboxylic acids is 2. The number of halogens is 2. The van der Waals surface area contributed by atoms with Crippen molar-refractivity contribution in [3.8, 4) is 0 Å². The zero-order valence-corrected chi connectivity index (χ0v) is 14.5. The molecule has 5 nitrogen and oxygen atoms in total. The van der Waals surface area contributed by atoms with Crippen LogP contribution in [0.4, 0.5) is 0 Å². The summed E-state index contributed by atoms with van der Waals surface area (Å²) in [6.07, 6.45) is 2.64. The number of rotatable bonds is 5. The number of carbonyl (C=O) groups is 2. The van der Waals surface area contributed by atoms with Crippen molar-refractivity contribution in [3.63, 3.8) is 0 Å². The zero-order chi connectivity index (χ0) is 17.0. The molecular weight excluding hydrogens is 337 g/mol. The van der Waals surface area contributed by atoms with Crippen molar-refractivity contribution >= 4 is 35.0 Å². The molecule has 2 atom stereocenters. The Labute approximate surface area is 146 Å². The molecule has 2 amide bonds. The highest BCUT2D eigenvalue weighted by atomic mass is 35.5. The van der Waals surface area contributed by atoms with Crippen LogP contribution in [0.5, 0.6) is 0 Å². The van der Waals surface area contributed by atoms with Gasteiger partial charge in [0.1, 0.15) is 0 Å². The van der Waals surface area contributed by atoms with E-state index in [4.69, 9.17) is 28.9 Å². The maximum absolute atomic E-state index is 12.3. The van der Waals surface area contributed by atoms with Gasteiger partial charge < -0.3 is 11.1 Å². The van der Waals surface area contributed by atoms with Gasteiger partial charge in [-0.15, -0.1) is 0 Å². The highest BCUT2D eigenvalue weighted by Crippen LogP contribution is 2.26. The van der Waals surface area contributed by atoms with Crippen molar-refractivity contribution in [1.29, 1.82) is 0 Å². The summed E-state index contributed by atoms with van der Waals surface area (Å²) < 4.78 is 0. The van der Waals surface area contributed by atoms with Gasteiger partial charge in [-0.2, -0.15) is 0 Å². The summed E-state index contributed by atoms with van der Waals surface area (Å²) in [5, 5.41) is 3.97. The molecule has 3 N–H and O–H groups in total. The van der Waals surface area contributed by atoms with Crippen molar-refractivity contribution in [2.75, 3.05) is 13.1 Å². The van der Waals surface area contributed by atoms with Crippen LogP contribution in [0.25, 0.3) is 0 Å². The first kappa shape index (κ1) is 18.0. The van der Waals surface area contributed by atoms with Crippen molar-refractivity contribution < 1.29 is 9.59 Å². The summed E-state index contributed by atoms with van der Waals surface area (Å²) in [6.45, 7) is 2.72. The van der Waals surface area contributed by atoms with E-state index in [1.54, 1.807) is 18.2 Å². The third kappa shape index (κ3) is 4.83. The molecule has 1 aliphatic heterocycles. The summed E-state index contributed by atoms with van der Waals surface area (Å²) in [5.74, 6) is -0.525. The second kappa shape index (κ2) is 7.99. The lowest BCUT2D eigenvalue weighted by molar-refractivity contribution is -0.128. The van der Waals surface area contributed by atoms with Crippen molar-refractivity contribution in [3.05, 3.63) is 33.8 Å². The average Bonchev–Trinajstić information content (AvgIpc) is 2.47. The number of nitrogens with one attached hydrogen (secondary N) is 1. The van der Waals surface area contributed by atoms with E-state index in [9.17, 15) is 9.59 Å². The number of likely N-dealkylation sites (tertiary alicyclic amines) is 1. The Morgan fingerprint density at radius 2 is 2.13 bits per heavy atom. The number of amides is 2. The number of hydrogen-bond acceptors (Lipinski definition) is 3. The van der Waals surface area contributed by atoms with Crippen LogP contribution >= 0.6 is 23.2 Å². The van der Waals surface area contributed by atoms with Gasteiger partial charge in [-0.1, -0.05) is 35.7 Å². The van der Waals surface area contributed by atoms with Crippen molar-refractivity contribution in [1.82, 2.24) is 10.2 Å². The van der Waals surface area contributed by atoms with Gasteiger partial charge in [0, 0.05) is 10.0 Å². The van der Waals surface area contributed by atoms with Crippen LogP contribution in [-0.2, 0) is 9.59 Å². The van der Waals surface area contributed by atoms with Crippen LogP contribution in [0.1, 0.15) is 37.8 Å². The van der Waals surface area contributed by atoms with Gasteiger partial charge in [0.05, 0.1) is 18.6 Å². The molecule has 1 aromatic carbocycles. The lowest BCUT2D eigenvalue weighted by Crippen LogP contribution is -2.51. The number of hydrogen-bond donors (Lipinski definition) is 2. The Morgan fingerprint density at radius 1 is 1.39 bits per heavy atom. The molecule has 0 bridgehead atoms. The predicted molar refractivity (Wildman–Crippen MR) is 91.4 cm³/mol.